The summed E-state index contributed by atoms with van der Waals surface area (Å²) in [6.45, 7) is 3.63. The van der Waals surface area contributed by atoms with Crippen molar-refractivity contribution in [3.8, 4) is 0 Å². The summed E-state index contributed by atoms with van der Waals surface area (Å²) >= 11 is 0. The standard InChI is InChI=1S/C13H20N4O/c1-8-11(14)12(16(2)15-8)13(18)17-6-9-4-3-5-10(9)7-17/h9-10H,3-7,14H2,1-2H3. The molecular weight excluding hydrogens is 228 g/mol. The quantitative estimate of drug-likeness (QED) is 0.811. The molecule has 0 radical (unpaired) electrons. The van der Waals surface area contributed by atoms with Gasteiger partial charge in [-0.15, -0.1) is 0 Å². The van der Waals surface area contributed by atoms with Gasteiger partial charge in [0.15, 0.2) is 0 Å². The molecule has 1 aliphatic carbocycles. The maximum absolute atomic E-state index is 12.5. The molecular formula is C13H20N4O. The minimum absolute atomic E-state index is 0.0463. The van der Waals surface area contributed by atoms with E-state index in [-0.39, 0.29) is 5.91 Å². The summed E-state index contributed by atoms with van der Waals surface area (Å²) in [5, 5.41) is 4.22. The van der Waals surface area contributed by atoms with Crippen LogP contribution in [-0.4, -0.2) is 33.7 Å². The van der Waals surface area contributed by atoms with Gasteiger partial charge in [-0.2, -0.15) is 5.10 Å². The number of amides is 1. The van der Waals surface area contributed by atoms with E-state index < -0.39 is 0 Å². The molecule has 2 unspecified atom stereocenters. The minimum atomic E-state index is 0.0463. The van der Waals surface area contributed by atoms with Gasteiger partial charge in [0.2, 0.25) is 0 Å². The van der Waals surface area contributed by atoms with Crippen molar-refractivity contribution < 1.29 is 4.79 Å². The average molecular weight is 248 g/mol. The largest absolute Gasteiger partial charge is 0.395 e. The second-order valence-corrected chi connectivity index (χ2v) is 5.63. The number of carbonyl (C=O) groups is 1. The van der Waals surface area contributed by atoms with Crippen LogP contribution in [-0.2, 0) is 7.05 Å². The molecule has 1 amide bonds. The number of anilines is 1. The van der Waals surface area contributed by atoms with Crippen molar-refractivity contribution in [2.75, 3.05) is 18.8 Å². The van der Waals surface area contributed by atoms with Gasteiger partial charge in [-0.25, -0.2) is 0 Å². The van der Waals surface area contributed by atoms with Crippen molar-refractivity contribution in [1.29, 1.82) is 0 Å². The third kappa shape index (κ3) is 1.61. The van der Waals surface area contributed by atoms with E-state index in [1.165, 1.54) is 19.3 Å². The van der Waals surface area contributed by atoms with Gasteiger partial charge < -0.3 is 10.6 Å². The van der Waals surface area contributed by atoms with Gasteiger partial charge in [0.05, 0.1) is 11.4 Å². The van der Waals surface area contributed by atoms with Crippen molar-refractivity contribution in [3.05, 3.63) is 11.4 Å². The van der Waals surface area contributed by atoms with Crippen LogP contribution in [0.15, 0.2) is 0 Å². The topological polar surface area (TPSA) is 64.2 Å². The number of hydrogen-bond donors (Lipinski definition) is 1. The predicted octanol–water partition coefficient (Wildman–Crippen LogP) is 1.18. The SMILES string of the molecule is Cc1nn(C)c(C(=O)N2CC3CCCC3C2)c1N. The number of aromatic nitrogens is 2. The Hall–Kier alpha value is -1.52. The molecule has 1 saturated heterocycles. The van der Waals surface area contributed by atoms with Crippen LogP contribution in [0.3, 0.4) is 0 Å². The molecule has 1 aliphatic heterocycles. The smallest absolute Gasteiger partial charge is 0.274 e. The van der Waals surface area contributed by atoms with Crippen molar-refractivity contribution >= 4 is 11.6 Å². The van der Waals surface area contributed by atoms with Crippen LogP contribution < -0.4 is 5.73 Å². The summed E-state index contributed by atoms with van der Waals surface area (Å²) in [4.78, 5) is 14.5. The number of nitrogens with two attached hydrogens (primary N) is 1. The van der Waals surface area contributed by atoms with Gasteiger partial charge in [0.25, 0.3) is 5.91 Å². The summed E-state index contributed by atoms with van der Waals surface area (Å²) in [5.41, 5.74) is 7.77. The third-order valence-electron chi connectivity index (χ3n) is 4.48. The molecule has 3 rings (SSSR count). The van der Waals surface area contributed by atoms with Crippen molar-refractivity contribution in [2.24, 2.45) is 18.9 Å². The van der Waals surface area contributed by atoms with Gasteiger partial charge in [-0.1, -0.05) is 6.42 Å². The third-order valence-corrected chi connectivity index (χ3v) is 4.48. The Morgan fingerprint density at radius 3 is 2.44 bits per heavy atom. The van der Waals surface area contributed by atoms with Crippen molar-refractivity contribution in [3.63, 3.8) is 0 Å². The first-order valence-electron chi connectivity index (χ1n) is 6.66. The monoisotopic (exact) mass is 248 g/mol. The lowest BCUT2D eigenvalue weighted by atomic mass is 10.0. The van der Waals surface area contributed by atoms with E-state index in [1.807, 2.05) is 11.8 Å². The maximum atomic E-state index is 12.5. The van der Waals surface area contributed by atoms with E-state index in [2.05, 4.69) is 5.10 Å². The summed E-state index contributed by atoms with van der Waals surface area (Å²) in [6, 6.07) is 0. The van der Waals surface area contributed by atoms with Crippen LogP contribution >= 0.6 is 0 Å². The van der Waals surface area contributed by atoms with E-state index in [4.69, 9.17) is 5.73 Å². The first-order valence-corrected chi connectivity index (χ1v) is 6.66. The summed E-state index contributed by atoms with van der Waals surface area (Å²) < 4.78 is 1.61. The number of likely N-dealkylation sites (tertiary alicyclic amines) is 1. The lowest BCUT2D eigenvalue weighted by molar-refractivity contribution is 0.0771. The highest BCUT2D eigenvalue weighted by Crippen LogP contribution is 2.38. The molecule has 0 spiro atoms. The highest BCUT2D eigenvalue weighted by molar-refractivity contribution is 5.98. The Morgan fingerprint density at radius 1 is 1.33 bits per heavy atom. The molecule has 2 atom stereocenters. The summed E-state index contributed by atoms with van der Waals surface area (Å²) in [7, 11) is 1.79. The maximum Gasteiger partial charge on any atom is 0.274 e. The van der Waals surface area contributed by atoms with Gasteiger partial charge in [0, 0.05) is 20.1 Å². The minimum Gasteiger partial charge on any atom is -0.395 e. The highest BCUT2D eigenvalue weighted by atomic mass is 16.2. The van der Waals surface area contributed by atoms with Crippen LogP contribution in [0.2, 0.25) is 0 Å². The van der Waals surface area contributed by atoms with Crippen LogP contribution in [0.5, 0.6) is 0 Å². The number of hydrogen-bond acceptors (Lipinski definition) is 3. The molecule has 1 aromatic rings. The first-order chi connectivity index (χ1) is 8.58. The molecule has 2 heterocycles. The zero-order valence-electron chi connectivity index (χ0n) is 11.0. The van der Waals surface area contributed by atoms with E-state index >= 15 is 0 Å². The lowest BCUT2D eigenvalue weighted by Gasteiger charge is -2.17. The Labute approximate surface area is 107 Å². The lowest BCUT2D eigenvalue weighted by Crippen LogP contribution is -2.31. The predicted molar refractivity (Wildman–Crippen MR) is 69.1 cm³/mol. The number of nitrogen functional groups attached to an aromatic ring is 1. The molecule has 1 aromatic heterocycles. The van der Waals surface area contributed by atoms with Crippen molar-refractivity contribution in [2.45, 2.75) is 26.2 Å². The Bertz CT molecular complexity index is 481. The van der Waals surface area contributed by atoms with E-state index in [0.29, 0.717) is 23.2 Å². The van der Waals surface area contributed by atoms with E-state index in [1.54, 1.807) is 11.7 Å². The normalized spacial score (nSPS) is 26.7. The van der Waals surface area contributed by atoms with Crippen LogP contribution in [0.25, 0.3) is 0 Å². The van der Waals surface area contributed by atoms with Crippen molar-refractivity contribution in [1.82, 2.24) is 14.7 Å². The zero-order chi connectivity index (χ0) is 12.9. The fourth-order valence-electron chi connectivity index (χ4n) is 3.48. The van der Waals surface area contributed by atoms with E-state index in [9.17, 15) is 4.79 Å². The second-order valence-electron chi connectivity index (χ2n) is 5.63. The fraction of sp³-hybridized carbons (Fsp3) is 0.692. The van der Waals surface area contributed by atoms with Gasteiger partial charge in [0.1, 0.15) is 5.69 Å². The van der Waals surface area contributed by atoms with Gasteiger partial charge in [-0.05, 0) is 31.6 Å². The first kappa shape index (κ1) is 11.6. The number of fused-ring (bicyclic) bond motifs is 1. The number of carbonyl (C=O) groups excluding carboxylic acids is 1. The number of nitrogens with zero attached hydrogens (tertiary/aromatic N) is 3. The van der Waals surface area contributed by atoms with Gasteiger partial charge in [-0.3, -0.25) is 9.48 Å². The Balaban J connectivity index is 1.83. The molecule has 5 nitrogen and oxygen atoms in total. The fourth-order valence-corrected chi connectivity index (χ4v) is 3.48. The zero-order valence-corrected chi connectivity index (χ0v) is 11.0. The highest BCUT2D eigenvalue weighted by Gasteiger charge is 2.39. The summed E-state index contributed by atoms with van der Waals surface area (Å²) in [6.07, 6.45) is 3.87. The molecule has 2 aliphatic rings. The number of rotatable bonds is 1. The van der Waals surface area contributed by atoms with Gasteiger partial charge >= 0.3 is 0 Å². The summed E-state index contributed by atoms with van der Waals surface area (Å²) in [5.74, 6) is 1.47. The molecule has 2 N–H and O–H groups in total. The Kier molecular flexibility index (Phi) is 2.57. The van der Waals surface area contributed by atoms with E-state index in [0.717, 1.165) is 18.8 Å². The Morgan fingerprint density at radius 2 is 1.94 bits per heavy atom. The second kappa shape index (κ2) is 4.00. The molecule has 1 saturated carbocycles. The molecule has 18 heavy (non-hydrogen) atoms. The molecule has 98 valence electrons. The molecule has 2 fully saturated rings. The van der Waals surface area contributed by atoms with Crippen LogP contribution in [0.1, 0.15) is 35.4 Å². The number of aryl methyl sites for hydroxylation is 2. The molecule has 0 bridgehead atoms. The van der Waals surface area contributed by atoms with Crippen LogP contribution in [0, 0.1) is 18.8 Å². The average Bonchev–Trinajstić information content (AvgIpc) is 2.93. The van der Waals surface area contributed by atoms with Crippen LogP contribution in [0.4, 0.5) is 5.69 Å². The molecule has 5 heteroatoms. The molecule has 0 aromatic carbocycles.